The lowest BCUT2D eigenvalue weighted by atomic mass is 10.2. The predicted molar refractivity (Wildman–Crippen MR) is 35.7 cm³/mol. The van der Waals surface area contributed by atoms with Crippen LogP contribution >= 0.6 is 0 Å². The van der Waals surface area contributed by atoms with Crippen LogP contribution in [0.15, 0.2) is 6.20 Å². The van der Waals surface area contributed by atoms with Gasteiger partial charge in [0.25, 0.3) is 6.43 Å². The number of aromatic nitrogens is 3. The fraction of sp³-hybridized carbons (Fsp3) is 0.500. The smallest absolute Gasteiger partial charge is 0.293 e. The third-order valence-corrected chi connectivity index (χ3v) is 1.25. The lowest BCUT2D eigenvalue weighted by Gasteiger charge is -1.93. The highest BCUT2D eigenvalue weighted by Gasteiger charge is 2.16. The molecule has 0 saturated heterocycles. The van der Waals surface area contributed by atoms with Crippen molar-refractivity contribution in [2.75, 3.05) is 0 Å². The molecule has 12 heavy (non-hydrogen) atoms. The molecule has 1 rings (SSSR count). The van der Waals surface area contributed by atoms with Gasteiger partial charge < -0.3 is 0 Å². The Morgan fingerprint density at radius 1 is 1.75 bits per heavy atom. The molecule has 0 fully saturated rings. The number of Topliss-reactive ketones (excluding diaryl/α,β-unsaturated/α-hetero) is 1. The van der Waals surface area contributed by atoms with E-state index < -0.39 is 12.2 Å². The summed E-state index contributed by atoms with van der Waals surface area (Å²) < 4.78 is 23.4. The molecular weight excluding hydrogens is 168 g/mol. The Kier molecular flexibility index (Phi) is 2.47. The molecule has 0 amide bonds. The zero-order valence-electron chi connectivity index (χ0n) is 6.37. The van der Waals surface area contributed by atoms with Gasteiger partial charge >= 0.3 is 0 Å². The van der Waals surface area contributed by atoms with Gasteiger partial charge in [-0.15, -0.1) is 0 Å². The number of alkyl halides is 2. The van der Waals surface area contributed by atoms with E-state index in [1.54, 1.807) is 7.05 Å². The lowest BCUT2D eigenvalue weighted by Crippen LogP contribution is -2.13. The molecule has 0 atom stereocenters. The van der Waals surface area contributed by atoms with E-state index in [-0.39, 0.29) is 12.1 Å². The predicted octanol–water partition coefficient (Wildman–Crippen LogP) is 0.192. The second-order valence-electron chi connectivity index (χ2n) is 2.27. The largest absolute Gasteiger partial charge is 0.296 e. The number of halogens is 2. The van der Waals surface area contributed by atoms with Crippen molar-refractivity contribution < 1.29 is 13.6 Å². The summed E-state index contributed by atoms with van der Waals surface area (Å²) in [4.78, 5) is 11.7. The van der Waals surface area contributed by atoms with Gasteiger partial charge in [-0.2, -0.15) is 15.0 Å². The van der Waals surface area contributed by atoms with E-state index in [4.69, 9.17) is 0 Å². The summed E-state index contributed by atoms with van der Waals surface area (Å²) in [5, 5.41) is 7.32. The van der Waals surface area contributed by atoms with Crippen molar-refractivity contribution in [3.05, 3.63) is 11.9 Å². The third-order valence-electron chi connectivity index (χ3n) is 1.25. The number of aryl methyl sites for hydroxylation is 1. The van der Waals surface area contributed by atoms with Crippen LogP contribution in [0.2, 0.25) is 0 Å². The van der Waals surface area contributed by atoms with Crippen LogP contribution in [0.1, 0.15) is 5.69 Å². The normalized spacial score (nSPS) is 10.7. The molecule has 66 valence electrons. The molecular formula is C6H7F2N3O. The first-order chi connectivity index (χ1) is 5.59. The molecule has 0 saturated carbocycles. The fourth-order valence-corrected chi connectivity index (χ4v) is 0.724. The number of carbonyl (C=O) groups excluding carboxylic acids is 1. The molecule has 0 aromatic carbocycles. The average molecular weight is 175 g/mol. The summed E-state index contributed by atoms with van der Waals surface area (Å²) in [6, 6.07) is 0. The lowest BCUT2D eigenvalue weighted by molar-refractivity contribution is -0.128. The van der Waals surface area contributed by atoms with E-state index >= 15 is 0 Å². The van der Waals surface area contributed by atoms with Crippen LogP contribution < -0.4 is 0 Å². The van der Waals surface area contributed by atoms with E-state index in [9.17, 15) is 13.6 Å². The first kappa shape index (κ1) is 8.76. The molecule has 0 aliphatic heterocycles. The highest BCUT2D eigenvalue weighted by atomic mass is 19.3. The van der Waals surface area contributed by atoms with Crippen molar-refractivity contribution >= 4 is 5.78 Å². The number of hydrogen-bond acceptors (Lipinski definition) is 3. The minimum absolute atomic E-state index is 0.266. The van der Waals surface area contributed by atoms with Crippen LogP contribution in [0, 0.1) is 0 Å². The van der Waals surface area contributed by atoms with Crippen molar-refractivity contribution in [3.8, 4) is 0 Å². The molecule has 0 unspecified atom stereocenters. The second kappa shape index (κ2) is 3.38. The summed E-state index contributed by atoms with van der Waals surface area (Å²) in [6.07, 6.45) is -1.99. The molecule has 1 aromatic rings. The Morgan fingerprint density at radius 2 is 2.42 bits per heavy atom. The molecule has 4 nitrogen and oxygen atoms in total. The number of hydrogen-bond donors (Lipinski definition) is 0. The second-order valence-corrected chi connectivity index (χ2v) is 2.27. The zero-order valence-corrected chi connectivity index (χ0v) is 6.37. The molecule has 6 heteroatoms. The van der Waals surface area contributed by atoms with Crippen molar-refractivity contribution in [1.29, 1.82) is 0 Å². The maximum Gasteiger partial charge on any atom is 0.296 e. The van der Waals surface area contributed by atoms with Crippen LogP contribution in [-0.4, -0.2) is 27.2 Å². The Balaban J connectivity index is 2.58. The van der Waals surface area contributed by atoms with Gasteiger partial charge in [0.05, 0.1) is 18.3 Å². The minimum atomic E-state index is -2.92. The van der Waals surface area contributed by atoms with Gasteiger partial charge in [-0.3, -0.25) is 4.79 Å². The van der Waals surface area contributed by atoms with Crippen molar-refractivity contribution in [3.63, 3.8) is 0 Å². The van der Waals surface area contributed by atoms with Crippen LogP contribution in [0.4, 0.5) is 8.78 Å². The molecule has 1 heterocycles. The SMILES string of the molecule is Cn1ncc(CC(=O)C(F)F)n1. The standard InChI is InChI=1S/C6H7F2N3O/c1-11-9-3-4(10-11)2-5(12)6(7)8/h3,6H,2H2,1H3. The first-order valence-corrected chi connectivity index (χ1v) is 3.25. The number of ketones is 1. The molecule has 0 N–H and O–H groups in total. The molecule has 0 radical (unpaired) electrons. The Labute approximate surface area is 67.2 Å². The maximum atomic E-state index is 11.7. The molecule has 1 aromatic heterocycles. The van der Waals surface area contributed by atoms with Crippen molar-refractivity contribution in [2.45, 2.75) is 12.8 Å². The number of carbonyl (C=O) groups is 1. The van der Waals surface area contributed by atoms with Gasteiger partial charge in [-0.25, -0.2) is 8.78 Å². The molecule has 0 aliphatic rings. The van der Waals surface area contributed by atoms with Gasteiger partial charge in [-0.1, -0.05) is 0 Å². The zero-order chi connectivity index (χ0) is 9.14. The first-order valence-electron chi connectivity index (χ1n) is 3.25. The maximum absolute atomic E-state index is 11.7. The van der Waals surface area contributed by atoms with Crippen LogP contribution in [-0.2, 0) is 18.3 Å². The topological polar surface area (TPSA) is 47.8 Å². The van der Waals surface area contributed by atoms with E-state index in [1.807, 2.05) is 0 Å². The number of nitrogens with zero attached hydrogens (tertiary/aromatic N) is 3. The fourth-order valence-electron chi connectivity index (χ4n) is 0.724. The summed E-state index contributed by atoms with van der Waals surface area (Å²) in [7, 11) is 1.55. The van der Waals surface area contributed by atoms with Gasteiger partial charge in [0.2, 0.25) is 5.78 Å². The summed E-state index contributed by atoms with van der Waals surface area (Å²) in [6.45, 7) is 0. The van der Waals surface area contributed by atoms with E-state index in [1.165, 1.54) is 11.0 Å². The van der Waals surface area contributed by atoms with Crippen molar-refractivity contribution in [2.24, 2.45) is 7.05 Å². The average Bonchev–Trinajstić information content (AvgIpc) is 2.35. The van der Waals surface area contributed by atoms with Gasteiger partial charge in [0, 0.05) is 7.05 Å². The van der Waals surface area contributed by atoms with Crippen LogP contribution in [0.3, 0.4) is 0 Å². The van der Waals surface area contributed by atoms with Crippen molar-refractivity contribution in [1.82, 2.24) is 15.0 Å². The van der Waals surface area contributed by atoms with Crippen LogP contribution in [0.5, 0.6) is 0 Å². The summed E-state index contributed by atoms with van der Waals surface area (Å²) in [5.41, 5.74) is 0.266. The summed E-state index contributed by atoms with van der Waals surface area (Å²) in [5.74, 6) is -1.13. The Bertz CT molecular complexity index is 284. The van der Waals surface area contributed by atoms with E-state index in [0.29, 0.717) is 0 Å². The van der Waals surface area contributed by atoms with E-state index in [2.05, 4.69) is 10.2 Å². The highest BCUT2D eigenvalue weighted by molar-refractivity contribution is 5.83. The molecule has 0 aliphatic carbocycles. The summed E-state index contributed by atoms with van der Waals surface area (Å²) >= 11 is 0. The Hall–Kier alpha value is -1.33. The van der Waals surface area contributed by atoms with Gasteiger partial charge in [0.15, 0.2) is 0 Å². The van der Waals surface area contributed by atoms with Gasteiger partial charge in [0.1, 0.15) is 0 Å². The quantitative estimate of drug-likeness (QED) is 0.658. The number of rotatable bonds is 3. The monoisotopic (exact) mass is 175 g/mol. The third kappa shape index (κ3) is 2.08. The van der Waals surface area contributed by atoms with Crippen LogP contribution in [0.25, 0.3) is 0 Å². The minimum Gasteiger partial charge on any atom is -0.293 e. The molecule has 0 bridgehead atoms. The Morgan fingerprint density at radius 3 is 2.83 bits per heavy atom. The van der Waals surface area contributed by atoms with E-state index in [0.717, 1.165) is 0 Å². The highest BCUT2D eigenvalue weighted by Crippen LogP contribution is 2.00. The molecule has 0 spiro atoms. The van der Waals surface area contributed by atoms with Gasteiger partial charge in [-0.05, 0) is 0 Å².